The summed E-state index contributed by atoms with van der Waals surface area (Å²) < 4.78 is 7.38. The van der Waals surface area contributed by atoms with Crippen molar-refractivity contribution in [3.05, 3.63) is 58.6 Å². The molecule has 2 aromatic carbocycles. The molecule has 0 saturated heterocycles. The van der Waals surface area contributed by atoms with E-state index in [1.165, 1.54) is 23.1 Å². The molecule has 28 heavy (non-hydrogen) atoms. The van der Waals surface area contributed by atoms with Gasteiger partial charge in [0.05, 0.1) is 18.4 Å². The highest BCUT2D eigenvalue weighted by molar-refractivity contribution is 9.10. The summed E-state index contributed by atoms with van der Waals surface area (Å²) in [6.07, 6.45) is 0.771. The Morgan fingerprint density at radius 2 is 2.14 bits per heavy atom. The highest BCUT2D eigenvalue weighted by Crippen LogP contribution is 2.32. The number of rotatable bonds is 6. The van der Waals surface area contributed by atoms with E-state index in [0.29, 0.717) is 17.5 Å². The second kappa shape index (κ2) is 8.93. The molecule has 1 aliphatic heterocycles. The summed E-state index contributed by atoms with van der Waals surface area (Å²) in [6, 6.07) is 15.6. The molecule has 1 atom stereocenters. The molecule has 2 heterocycles. The van der Waals surface area contributed by atoms with Gasteiger partial charge in [-0.05, 0) is 24.3 Å². The van der Waals surface area contributed by atoms with Crippen LogP contribution in [0.3, 0.4) is 0 Å². The number of hydrogen-bond acceptors (Lipinski definition) is 7. The molecule has 1 aromatic heterocycles. The molecular weight excluding hydrogens is 460 g/mol. The summed E-state index contributed by atoms with van der Waals surface area (Å²) in [7, 11) is 0. The van der Waals surface area contributed by atoms with Gasteiger partial charge in [-0.1, -0.05) is 63.3 Å². The third kappa shape index (κ3) is 4.84. The first-order chi connectivity index (χ1) is 13.7. The molecule has 1 amide bonds. The van der Waals surface area contributed by atoms with Crippen LogP contribution in [-0.2, 0) is 4.79 Å². The lowest BCUT2D eigenvalue weighted by Crippen LogP contribution is -2.33. The van der Waals surface area contributed by atoms with Crippen LogP contribution in [0.25, 0.3) is 0 Å². The van der Waals surface area contributed by atoms with E-state index in [4.69, 9.17) is 4.74 Å². The highest BCUT2D eigenvalue weighted by atomic mass is 79.9. The highest BCUT2D eigenvalue weighted by Gasteiger charge is 2.22. The average Bonchev–Trinajstić information content (AvgIpc) is 3.14. The number of amides is 1. The molecule has 144 valence electrons. The van der Waals surface area contributed by atoms with Crippen LogP contribution in [0.2, 0.25) is 0 Å². The lowest BCUT2D eigenvalue weighted by molar-refractivity contribution is -0.119. The smallest absolute Gasteiger partial charge is 0.230 e. The minimum Gasteiger partial charge on any atom is -0.493 e. The number of carbonyl (C=O) groups excluding carboxylic acids is 1. The van der Waals surface area contributed by atoms with Gasteiger partial charge < -0.3 is 15.4 Å². The third-order valence-corrected chi connectivity index (χ3v) is 6.57. The summed E-state index contributed by atoms with van der Waals surface area (Å²) in [4.78, 5) is 12.4. The Hall–Kier alpha value is -2.10. The van der Waals surface area contributed by atoms with Crippen molar-refractivity contribution in [3.8, 4) is 5.75 Å². The molecule has 0 fully saturated rings. The molecule has 0 bridgehead atoms. The summed E-state index contributed by atoms with van der Waals surface area (Å²) in [5.74, 6) is 1.12. The minimum absolute atomic E-state index is 0.0128. The fraction of sp³-hybridized carbons (Fsp3) is 0.211. The lowest BCUT2D eigenvalue weighted by atomic mass is 10.0. The van der Waals surface area contributed by atoms with Crippen LogP contribution < -0.4 is 15.4 Å². The number of halogens is 1. The fourth-order valence-corrected chi connectivity index (χ4v) is 4.85. The number of benzene rings is 2. The van der Waals surface area contributed by atoms with Crippen LogP contribution in [0.5, 0.6) is 5.75 Å². The van der Waals surface area contributed by atoms with E-state index in [1.807, 2.05) is 48.5 Å². The van der Waals surface area contributed by atoms with Gasteiger partial charge >= 0.3 is 0 Å². The van der Waals surface area contributed by atoms with Gasteiger partial charge in [-0.3, -0.25) is 4.79 Å². The molecule has 3 aromatic rings. The van der Waals surface area contributed by atoms with E-state index in [-0.39, 0.29) is 11.9 Å². The standard InChI is InChI=1S/C19H17BrN4O2S2/c20-12-4-3-5-13(10-12)21-18-23-24-19(28-18)27-11-17(25)22-15-8-9-26-16-7-2-1-6-14(15)16/h1-7,10,15H,8-9,11H2,(H,21,23)(H,22,25). The molecule has 1 aliphatic rings. The first-order valence-corrected chi connectivity index (χ1v) is 11.3. The molecule has 2 N–H and O–H groups in total. The molecule has 9 heteroatoms. The topological polar surface area (TPSA) is 76.1 Å². The van der Waals surface area contributed by atoms with E-state index >= 15 is 0 Å². The van der Waals surface area contributed by atoms with Gasteiger partial charge in [0.25, 0.3) is 0 Å². The molecule has 0 aliphatic carbocycles. The van der Waals surface area contributed by atoms with E-state index in [9.17, 15) is 4.79 Å². The first kappa shape index (κ1) is 19.2. The molecule has 0 spiro atoms. The Morgan fingerprint density at radius 3 is 3.04 bits per heavy atom. The molecular formula is C19H17BrN4O2S2. The van der Waals surface area contributed by atoms with Crippen molar-refractivity contribution >= 4 is 55.8 Å². The molecule has 6 nitrogen and oxygen atoms in total. The van der Waals surface area contributed by atoms with Crippen molar-refractivity contribution in [3.63, 3.8) is 0 Å². The van der Waals surface area contributed by atoms with Crippen molar-refractivity contribution in [1.82, 2.24) is 15.5 Å². The van der Waals surface area contributed by atoms with Crippen LogP contribution in [0, 0.1) is 0 Å². The Balaban J connectivity index is 1.30. The summed E-state index contributed by atoms with van der Waals surface area (Å²) in [5, 5.41) is 15.3. The number of aromatic nitrogens is 2. The first-order valence-electron chi connectivity index (χ1n) is 8.67. The minimum atomic E-state index is -0.0246. The third-order valence-electron chi connectivity index (χ3n) is 4.10. The normalized spacial score (nSPS) is 15.4. The van der Waals surface area contributed by atoms with Gasteiger partial charge in [0.2, 0.25) is 11.0 Å². The Kier molecular flexibility index (Phi) is 6.13. The monoisotopic (exact) mass is 476 g/mol. The maximum Gasteiger partial charge on any atom is 0.230 e. The van der Waals surface area contributed by atoms with Crippen LogP contribution in [0.1, 0.15) is 18.0 Å². The summed E-state index contributed by atoms with van der Waals surface area (Å²) in [5.41, 5.74) is 1.96. The zero-order valence-corrected chi connectivity index (χ0v) is 17.9. The maximum atomic E-state index is 12.4. The summed E-state index contributed by atoms with van der Waals surface area (Å²) in [6.45, 7) is 0.607. The van der Waals surface area contributed by atoms with Crippen LogP contribution in [0.15, 0.2) is 57.3 Å². The second-order valence-electron chi connectivity index (χ2n) is 6.09. The lowest BCUT2D eigenvalue weighted by Gasteiger charge is -2.26. The molecule has 0 saturated carbocycles. The van der Waals surface area contributed by atoms with E-state index < -0.39 is 0 Å². The number of anilines is 2. The SMILES string of the molecule is O=C(CSc1nnc(Nc2cccc(Br)c2)s1)NC1CCOc2ccccc21. The predicted octanol–water partition coefficient (Wildman–Crippen LogP) is 4.78. The summed E-state index contributed by atoms with van der Waals surface area (Å²) >= 11 is 6.25. The zero-order chi connectivity index (χ0) is 19.3. The van der Waals surface area contributed by atoms with Crippen LogP contribution in [0.4, 0.5) is 10.8 Å². The molecule has 0 radical (unpaired) electrons. The van der Waals surface area contributed by atoms with Gasteiger partial charge in [-0.25, -0.2) is 0 Å². The number of carbonyl (C=O) groups is 1. The zero-order valence-electron chi connectivity index (χ0n) is 14.7. The maximum absolute atomic E-state index is 12.4. The second-order valence-corrected chi connectivity index (χ2v) is 9.21. The number of para-hydroxylation sites is 1. The van der Waals surface area contributed by atoms with Crippen molar-refractivity contribution in [2.75, 3.05) is 17.7 Å². The van der Waals surface area contributed by atoms with Gasteiger partial charge in [-0.15, -0.1) is 10.2 Å². The van der Waals surface area contributed by atoms with E-state index in [2.05, 4.69) is 36.8 Å². The van der Waals surface area contributed by atoms with Gasteiger partial charge in [0, 0.05) is 22.1 Å². The quantitative estimate of drug-likeness (QED) is 0.498. The van der Waals surface area contributed by atoms with Gasteiger partial charge in [0.15, 0.2) is 4.34 Å². The average molecular weight is 477 g/mol. The van der Waals surface area contributed by atoms with Crippen molar-refractivity contribution in [1.29, 1.82) is 0 Å². The van der Waals surface area contributed by atoms with Crippen molar-refractivity contribution < 1.29 is 9.53 Å². The van der Waals surface area contributed by atoms with Crippen LogP contribution in [-0.4, -0.2) is 28.5 Å². The number of thioether (sulfide) groups is 1. The van der Waals surface area contributed by atoms with Crippen molar-refractivity contribution in [2.24, 2.45) is 0 Å². The van der Waals surface area contributed by atoms with Gasteiger partial charge in [0.1, 0.15) is 5.75 Å². The van der Waals surface area contributed by atoms with Crippen LogP contribution >= 0.6 is 39.0 Å². The molecule has 4 rings (SSSR count). The van der Waals surface area contributed by atoms with Gasteiger partial charge in [-0.2, -0.15) is 0 Å². The molecule has 1 unspecified atom stereocenters. The largest absolute Gasteiger partial charge is 0.493 e. The Bertz CT molecular complexity index is 982. The van der Waals surface area contributed by atoms with Crippen molar-refractivity contribution in [2.45, 2.75) is 16.8 Å². The Morgan fingerprint density at radius 1 is 1.25 bits per heavy atom. The number of hydrogen-bond donors (Lipinski definition) is 2. The number of nitrogens with zero attached hydrogens (tertiary/aromatic N) is 2. The Labute approximate surface area is 179 Å². The number of ether oxygens (including phenoxy) is 1. The fourth-order valence-electron chi connectivity index (χ4n) is 2.86. The number of nitrogens with one attached hydrogen (secondary N) is 2. The predicted molar refractivity (Wildman–Crippen MR) is 115 cm³/mol. The van der Waals surface area contributed by atoms with E-state index in [1.54, 1.807) is 0 Å². The van der Waals surface area contributed by atoms with E-state index in [0.717, 1.165) is 32.2 Å². The number of fused-ring (bicyclic) bond motifs is 1.